The summed E-state index contributed by atoms with van der Waals surface area (Å²) in [7, 11) is 0. The number of nitrogens with zero attached hydrogens (tertiary/aromatic N) is 1. The number of carbonyl (C=O) groups is 1. The van der Waals surface area contributed by atoms with Gasteiger partial charge in [0, 0.05) is 24.2 Å². The molecule has 1 heterocycles. The Balaban J connectivity index is 1.83. The number of nitrogens with one attached hydrogen (secondary N) is 1. The van der Waals surface area contributed by atoms with Crippen LogP contribution in [0.15, 0.2) is 48.5 Å². The fraction of sp³-hybridized carbons (Fsp3) is 0.316. The molecular weight excluding hydrogens is 304 g/mol. The molecule has 2 aromatic rings. The standard InChI is InChI=1S/C19H18N2O3/c22-17-8-4-7-14-18(17)15-11-13(21(23)24)9-10-16(15)20-19(14)12-5-2-1-3-6-12/h1-3,5-6,9-11,14,18-20H,4,7-8H2/t14-,18+,19-/m1/s1. The van der Waals surface area contributed by atoms with Gasteiger partial charge in [-0.2, -0.15) is 0 Å². The van der Waals surface area contributed by atoms with E-state index < -0.39 is 4.92 Å². The normalized spacial score (nSPS) is 25.3. The third-order valence-electron chi connectivity index (χ3n) is 5.21. The molecule has 4 rings (SSSR count). The molecule has 0 saturated heterocycles. The van der Waals surface area contributed by atoms with Crippen LogP contribution in [0.1, 0.15) is 42.3 Å². The number of Topliss-reactive ketones (excluding diaryl/α,β-unsaturated/α-hetero) is 1. The van der Waals surface area contributed by atoms with Crippen molar-refractivity contribution in [3.05, 3.63) is 69.8 Å². The molecule has 122 valence electrons. The lowest BCUT2D eigenvalue weighted by atomic mass is 9.67. The van der Waals surface area contributed by atoms with Crippen LogP contribution in [0.25, 0.3) is 0 Å². The molecule has 5 heteroatoms. The van der Waals surface area contributed by atoms with Crippen LogP contribution in [0.2, 0.25) is 0 Å². The van der Waals surface area contributed by atoms with E-state index in [2.05, 4.69) is 17.4 Å². The van der Waals surface area contributed by atoms with Crippen molar-refractivity contribution in [3.8, 4) is 0 Å². The number of hydrogen-bond donors (Lipinski definition) is 1. The van der Waals surface area contributed by atoms with Gasteiger partial charge in [-0.15, -0.1) is 0 Å². The van der Waals surface area contributed by atoms with Crippen LogP contribution in [-0.2, 0) is 4.79 Å². The number of fused-ring (bicyclic) bond motifs is 3. The molecule has 0 unspecified atom stereocenters. The van der Waals surface area contributed by atoms with Crippen LogP contribution < -0.4 is 5.32 Å². The smallest absolute Gasteiger partial charge is 0.269 e. The van der Waals surface area contributed by atoms with Gasteiger partial charge in [-0.1, -0.05) is 30.3 Å². The molecule has 5 nitrogen and oxygen atoms in total. The molecule has 24 heavy (non-hydrogen) atoms. The van der Waals surface area contributed by atoms with Crippen molar-refractivity contribution in [2.75, 3.05) is 5.32 Å². The molecule has 1 aliphatic heterocycles. The Morgan fingerprint density at radius 1 is 1.12 bits per heavy atom. The minimum atomic E-state index is -0.397. The molecule has 0 bridgehead atoms. The summed E-state index contributed by atoms with van der Waals surface area (Å²) in [4.78, 5) is 23.4. The maximum Gasteiger partial charge on any atom is 0.269 e. The maximum atomic E-state index is 12.7. The van der Waals surface area contributed by atoms with Gasteiger partial charge in [0.1, 0.15) is 5.78 Å². The average molecular weight is 322 g/mol. The second kappa shape index (κ2) is 5.74. The molecule has 0 radical (unpaired) electrons. The molecular formula is C19H18N2O3. The lowest BCUT2D eigenvalue weighted by Crippen LogP contribution is -2.38. The lowest BCUT2D eigenvalue weighted by molar-refractivity contribution is -0.384. The third-order valence-corrected chi connectivity index (χ3v) is 5.21. The molecule has 1 aliphatic carbocycles. The second-order valence-electron chi connectivity index (χ2n) is 6.56. The molecule has 2 aromatic carbocycles. The minimum Gasteiger partial charge on any atom is -0.378 e. The number of carbonyl (C=O) groups excluding carboxylic acids is 1. The largest absolute Gasteiger partial charge is 0.378 e. The van der Waals surface area contributed by atoms with Crippen molar-refractivity contribution in [2.24, 2.45) is 5.92 Å². The van der Waals surface area contributed by atoms with Crippen molar-refractivity contribution in [2.45, 2.75) is 31.2 Å². The van der Waals surface area contributed by atoms with Crippen molar-refractivity contribution in [3.63, 3.8) is 0 Å². The molecule has 3 atom stereocenters. The first-order valence-corrected chi connectivity index (χ1v) is 8.27. The van der Waals surface area contributed by atoms with Crippen molar-refractivity contribution in [1.29, 1.82) is 0 Å². The van der Waals surface area contributed by atoms with Crippen LogP contribution >= 0.6 is 0 Å². The Bertz CT molecular complexity index is 804. The van der Waals surface area contributed by atoms with Crippen LogP contribution in [0.4, 0.5) is 11.4 Å². The molecule has 0 amide bonds. The third kappa shape index (κ3) is 2.37. The number of rotatable bonds is 2. The Labute approximate surface area is 139 Å². The summed E-state index contributed by atoms with van der Waals surface area (Å²) in [6.45, 7) is 0. The predicted octanol–water partition coefficient (Wildman–Crippen LogP) is 4.21. The van der Waals surface area contributed by atoms with Gasteiger partial charge >= 0.3 is 0 Å². The van der Waals surface area contributed by atoms with Crippen LogP contribution in [0.3, 0.4) is 0 Å². The van der Waals surface area contributed by atoms with E-state index in [0.717, 1.165) is 29.7 Å². The van der Waals surface area contributed by atoms with E-state index in [9.17, 15) is 14.9 Å². The molecule has 1 fully saturated rings. The van der Waals surface area contributed by atoms with Gasteiger partial charge in [0.05, 0.1) is 16.9 Å². The Hall–Kier alpha value is -2.69. The molecule has 1 N–H and O–H groups in total. The number of benzene rings is 2. The highest BCUT2D eigenvalue weighted by Gasteiger charge is 2.43. The Morgan fingerprint density at radius 3 is 2.67 bits per heavy atom. The summed E-state index contributed by atoms with van der Waals surface area (Å²) in [6.07, 6.45) is 2.39. The quantitative estimate of drug-likeness (QED) is 0.664. The number of non-ortho nitro benzene ring substituents is 1. The fourth-order valence-corrected chi connectivity index (χ4v) is 4.15. The molecule has 0 aromatic heterocycles. The van der Waals surface area contributed by atoms with Crippen LogP contribution in [0.5, 0.6) is 0 Å². The number of ketones is 1. The predicted molar refractivity (Wildman–Crippen MR) is 91.0 cm³/mol. The van der Waals surface area contributed by atoms with Gasteiger partial charge in [-0.25, -0.2) is 0 Å². The van der Waals surface area contributed by atoms with E-state index in [-0.39, 0.29) is 29.3 Å². The number of nitro benzene ring substituents is 1. The molecule has 2 aliphatic rings. The van der Waals surface area contributed by atoms with E-state index in [1.54, 1.807) is 12.1 Å². The number of anilines is 1. The Kier molecular flexibility index (Phi) is 3.56. The van der Waals surface area contributed by atoms with Gasteiger partial charge < -0.3 is 5.32 Å². The fourth-order valence-electron chi connectivity index (χ4n) is 4.15. The highest BCUT2D eigenvalue weighted by molar-refractivity contribution is 5.90. The topological polar surface area (TPSA) is 72.2 Å². The minimum absolute atomic E-state index is 0.0471. The van der Waals surface area contributed by atoms with Gasteiger partial charge in [0.25, 0.3) is 5.69 Å². The summed E-state index contributed by atoms with van der Waals surface area (Å²) >= 11 is 0. The number of nitro groups is 1. The summed E-state index contributed by atoms with van der Waals surface area (Å²) in [5.41, 5.74) is 2.83. The number of hydrogen-bond acceptors (Lipinski definition) is 4. The molecule has 0 spiro atoms. The monoisotopic (exact) mass is 322 g/mol. The highest BCUT2D eigenvalue weighted by atomic mass is 16.6. The van der Waals surface area contributed by atoms with Gasteiger partial charge in [0.15, 0.2) is 0 Å². The van der Waals surface area contributed by atoms with Crippen molar-refractivity contribution < 1.29 is 9.72 Å². The van der Waals surface area contributed by atoms with Gasteiger partial charge in [-0.3, -0.25) is 14.9 Å². The first-order chi connectivity index (χ1) is 11.6. The highest BCUT2D eigenvalue weighted by Crippen LogP contribution is 2.50. The average Bonchev–Trinajstić information content (AvgIpc) is 2.61. The second-order valence-corrected chi connectivity index (χ2v) is 6.56. The van der Waals surface area contributed by atoms with E-state index >= 15 is 0 Å². The van der Waals surface area contributed by atoms with Gasteiger partial charge in [0.2, 0.25) is 0 Å². The zero-order valence-electron chi connectivity index (χ0n) is 13.1. The van der Waals surface area contributed by atoms with Gasteiger partial charge in [-0.05, 0) is 36.0 Å². The lowest BCUT2D eigenvalue weighted by Gasteiger charge is -2.42. The Morgan fingerprint density at radius 2 is 1.92 bits per heavy atom. The zero-order valence-corrected chi connectivity index (χ0v) is 13.1. The summed E-state index contributed by atoms with van der Waals surface area (Å²) in [6, 6.07) is 15.0. The SMILES string of the molecule is O=C1CCC[C@H]2[C@@H](c3ccccc3)Nc3ccc([N+](=O)[O-])cc3[C@@H]12. The van der Waals surface area contributed by atoms with E-state index in [1.807, 2.05) is 18.2 Å². The van der Waals surface area contributed by atoms with Crippen LogP contribution in [0, 0.1) is 16.0 Å². The van der Waals surface area contributed by atoms with E-state index in [1.165, 1.54) is 6.07 Å². The maximum absolute atomic E-state index is 12.7. The molecule has 1 saturated carbocycles. The first-order valence-electron chi connectivity index (χ1n) is 8.27. The summed E-state index contributed by atoms with van der Waals surface area (Å²) in [5.74, 6) is 0.0960. The summed E-state index contributed by atoms with van der Waals surface area (Å²) < 4.78 is 0. The van der Waals surface area contributed by atoms with Crippen molar-refractivity contribution >= 4 is 17.2 Å². The van der Waals surface area contributed by atoms with Crippen molar-refractivity contribution in [1.82, 2.24) is 0 Å². The summed E-state index contributed by atoms with van der Waals surface area (Å²) in [5, 5.41) is 14.6. The van der Waals surface area contributed by atoms with Crippen LogP contribution in [-0.4, -0.2) is 10.7 Å². The first kappa shape index (κ1) is 14.9. The zero-order chi connectivity index (χ0) is 16.7. The van der Waals surface area contributed by atoms with E-state index in [0.29, 0.717) is 6.42 Å². The van der Waals surface area contributed by atoms with E-state index in [4.69, 9.17) is 0 Å².